The van der Waals surface area contributed by atoms with Crippen molar-refractivity contribution in [1.29, 1.82) is 0 Å². The Labute approximate surface area is 271 Å². The summed E-state index contributed by atoms with van der Waals surface area (Å²) in [4.78, 5) is 30.0. The van der Waals surface area contributed by atoms with E-state index in [1.807, 2.05) is 18.2 Å². The van der Waals surface area contributed by atoms with E-state index in [9.17, 15) is 18.0 Å². The average Bonchev–Trinajstić information content (AvgIpc) is 3.13. The smallest absolute Gasteiger partial charge is 0.317 e. The van der Waals surface area contributed by atoms with Crippen molar-refractivity contribution in [2.45, 2.75) is 68.6 Å². The van der Waals surface area contributed by atoms with Gasteiger partial charge in [-0.15, -0.1) is 0 Å². The average molecular weight is 655 g/mol. The number of ether oxygens (including phenoxy) is 1. The second-order valence-electron chi connectivity index (χ2n) is 13.5. The highest BCUT2D eigenvalue weighted by atomic mass is 35.5. The SMILES string of the molecule is C[C@@H]1CC/C=C\[C@H](NC(=O)N(C)C)[C@@H]2CC[C@H]2CN2C[C@@]3(CCCc4cc(Cl)ccc43)COc3ccc(cc32)C(=O)NS1(=O)=O. The summed E-state index contributed by atoms with van der Waals surface area (Å²) in [5.41, 5.74) is 3.28. The normalized spacial score (nSPS) is 30.0. The molecule has 9 nitrogen and oxygen atoms in total. The molecule has 0 radical (unpaired) electrons. The molecule has 242 valence electrons. The molecule has 2 N–H and O–H groups in total. The third kappa shape index (κ3) is 6.41. The number of rotatable bonds is 1. The summed E-state index contributed by atoms with van der Waals surface area (Å²) < 4.78 is 35.1. The highest BCUT2D eigenvalue weighted by Crippen LogP contribution is 2.46. The van der Waals surface area contributed by atoms with Crippen LogP contribution in [0, 0.1) is 11.8 Å². The van der Waals surface area contributed by atoms with E-state index in [-0.39, 0.29) is 29.0 Å². The van der Waals surface area contributed by atoms with E-state index in [4.69, 9.17) is 16.3 Å². The van der Waals surface area contributed by atoms with Crippen LogP contribution in [0.2, 0.25) is 5.02 Å². The summed E-state index contributed by atoms with van der Waals surface area (Å²) in [7, 11) is -0.445. The minimum atomic E-state index is -3.91. The number of hydrogen-bond donors (Lipinski definition) is 2. The van der Waals surface area contributed by atoms with Gasteiger partial charge in [0, 0.05) is 43.2 Å². The van der Waals surface area contributed by atoms with Crippen molar-refractivity contribution in [3.63, 3.8) is 0 Å². The predicted molar refractivity (Wildman–Crippen MR) is 177 cm³/mol. The second kappa shape index (κ2) is 12.5. The number of carbonyl (C=O) groups is 2. The summed E-state index contributed by atoms with van der Waals surface area (Å²) in [5, 5.41) is 3.16. The van der Waals surface area contributed by atoms with Gasteiger partial charge in [0.15, 0.2) is 0 Å². The van der Waals surface area contributed by atoms with E-state index >= 15 is 0 Å². The molecule has 0 aromatic heterocycles. The van der Waals surface area contributed by atoms with Gasteiger partial charge in [0.2, 0.25) is 10.0 Å². The fourth-order valence-corrected chi connectivity index (χ4v) is 8.64. The summed E-state index contributed by atoms with van der Waals surface area (Å²) in [6, 6.07) is 11.0. The molecule has 0 saturated heterocycles. The Balaban J connectivity index is 1.42. The molecule has 1 spiro atoms. The molecule has 0 unspecified atom stereocenters. The maximum Gasteiger partial charge on any atom is 0.317 e. The Morgan fingerprint density at radius 1 is 1.16 bits per heavy atom. The predicted octanol–water partition coefficient (Wildman–Crippen LogP) is 5.28. The zero-order chi connectivity index (χ0) is 31.9. The topological polar surface area (TPSA) is 108 Å². The van der Waals surface area contributed by atoms with Gasteiger partial charge >= 0.3 is 6.03 Å². The minimum absolute atomic E-state index is 0.155. The van der Waals surface area contributed by atoms with Gasteiger partial charge < -0.3 is 19.9 Å². The van der Waals surface area contributed by atoms with Crippen molar-refractivity contribution in [3.05, 3.63) is 70.3 Å². The molecule has 2 heterocycles. The highest BCUT2D eigenvalue weighted by molar-refractivity contribution is 7.90. The fraction of sp³-hybridized carbons (Fsp3) is 0.529. The van der Waals surface area contributed by atoms with E-state index in [1.54, 1.807) is 39.2 Å². The van der Waals surface area contributed by atoms with Gasteiger partial charge in [-0.1, -0.05) is 29.8 Å². The maximum atomic E-state index is 13.3. The highest BCUT2D eigenvalue weighted by Gasteiger charge is 2.44. The van der Waals surface area contributed by atoms with E-state index in [1.165, 1.54) is 16.0 Å². The minimum Gasteiger partial charge on any atom is -0.490 e. The molecule has 2 aromatic carbocycles. The lowest BCUT2D eigenvalue weighted by Crippen LogP contribution is -2.53. The number of aryl methyl sites for hydroxylation is 1. The van der Waals surface area contributed by atoms with Crippen LogP contribution in [0.5, 0.6) is 5.75 Å². The Morgan fingerprint density at radius 3 is 2.73 bits per heavy atom. The maximum absolute atomic E-state index is 13.3. The van der Waals surface area contributed by atoms with Crippen LogP contribution in [0.1, 0.15) is 66.9 Å². The Kier molecular flexibility index (Phi) is 8.82. The number of nitrogens with one attached hydrogen (secondary N) is 2. The first kappa shape index (κ1) is 31.7. The number of amides is 3. The number of hydrogen-bond acceptors (Lipinski definition) is 6. The van der Waals surface area contributed by atoms with Crippen molar-refractivity contribution >= 4 is 39.2 Å². The van der Waals surface area contributed by atoms with Crippen molar-refractivity contribution < 1.29 is 22.7 Å². The van der Waals surface area contributed by atoms with Crippen LogP contribution in [-0.4, -0.2) is 70.3 Å². The van der Waals surface area contributed by atoms with Gasteiger partial charge in [-0.25, -0.2) is 17.9 Å². The second-order valence-corrected chi connectivity index (χ2v) is 16.0. The number of benzene rings is 2. The van der Waals surface area contributed by atoms with E-state index in [2.05, 4.69) is 27.1 Å². The van der Waals surface area contributed by atoms with Crippen molar-refractivity contribution in [2.75, 3.05) is 38.7 Å². The van der Waals surface area contributed by atoms with Gasteiger partial charge in [-0.3, -0.25) is 4.79 Å². The standard InChI is InChI=1S/C34H43ClN4O5S/c1-22-7-4-5-9-29(36-33(41)38(2)3)27-13-10-25(27)19-39-20-34(16-6-8-23-17-26(35)12-14-28(23)34)21-44-31-15-11-24(18-30(31)39)32(40)37-45(22,42)43/h5,9,11-12,14-15,17-18,22,25,27,29H,4,6-8,10,13,16,19-21H2,1-3H3,(H,36,41)(H,37,40)/b9-5-/t22-,25+,27-,29+,34+/m1/s1. The zero-order valence-corrected chi connectivity index (χ0v) is 27.8. The number of fused-ring (bicyclic) bond motifs is 4. The molecular weight excluding hydrogens is 612 g/mol. The van der Waals surface area contributed by atoms with Crippen molar-refractivity contribution in [1.82, 2.24) is 14.9 Å². The number of carbonyl (C=O) groups excluding carboxylic acids is 2. The van der Waals surface area contributed by atoms with E-state index in [0.29, 0.717) is 44.2 Å². The molecule has 1 fully saturated rings. The Hall–Kier alpha value is -3.24. The lowest BCUT2D eigenvalue weighted by Gasteiger charge is -2.46. The number of sulfonamides is 1. The van der Waals surface area contributed by atoms with Gasteiger partial charge in [-0.05, 0) is 105 Å². The Bertz CT molecular complexity index is 1610. The molecule has 2 aliphatic carbocycles. The first-order valence-corrected chi connectivity index (χ1v) is 17.9. The largest absolute Gasteiger partial charge is 0.490 e. The first-order valence-electron chi connectivity index (χ1n) is 16.0. The fourth-order valence-electron chi connectivity index (χ4n) is 7.42. The van der Waals surface area contributed by atoms with Crippen LogP contribution in [0.4, 0.5) is 10.5 Å². The lowest BCUT2D eigenvalue weighted by atomic mass is 9.68. The van der Waals surface area contributed by atoms with Gasteiger partial charge in [-0.2, -0.15) is 0 Å². The van der Waals surface area contributed by atoms with Crippen molar-refractivity contribution in [2.24, 2.45) is 11.8 Å². The summed E-state index contributed by atoms with van der Waals surface area (Å²) in [6.45, 7) is 3.50. The molecule has 4 aliphatic rings. The molecule has 1 saturated carbocycles. The third-order valence-electron chi connectivity index (χ3n) is 10.2. The molecular formula is C34H43ClN4O5S. The Morgan fingerprint density at radius 2 is 1.98 bits per heavy atom. The van der Waals surface area contributed by atoms with E-state index < -0.39 is 21.2 Å². The van der Waals surface area contributed by atoms with E-state index in [0.717, 1.165) is 42.8 Å². The van der Waals surface area contributed by atoms with Crippen LogP contribution in [-0.2, 0) is 21.9 Å². The molecule has 3 amide bonds. The monoisotopic (exact) mass is 654 g/mol. The molecule has 6 rings (SSSR count). The van der Waals surface area contributed by atoms with Crippen LogP contribution in [0.25, 0.3) is 0 Å². The molecule has 11 heteroatoms. The lowest BCUT2D eigenvalue weighted by molar-refractivity contribution is 0.0981. The molecule has 45 heavy (non-hydrogen) atoms. The van der Waals surface area contributed by atoms with Crippen molar-refractivity contribution in [3.8, 4) is 5.75 Å². The summed E-state index contributed by atoms with van der Waals surface area (Å²) in [5.74, 6) is 0.543. The van der Waals surface area contributed by atoms with Crippen LogP contribution in [0.3, 0.4) is 0 Å². The molecule has 2 aliphatic heterocycles. The molecule has 2 aromatic rings. The molecule has 2 bridgehead atoms. The quantitative estimate of drug-likeness (QED) is 0.406. The van der Waals surface area contributed by atoms with Crippen LogP contribution in [0.15, 0.2) is 48.6 Å². The van der Waals surface area contributed by atoms with Gasteiger partial charge in [0.1, 0.15) is 5.75 Å². The number of nitrogens with zero attached hydrogens (tertiary/aromatic N) is 2. The summed E-state index contributed by atoms with van der Waals surface area (Å²) >= 11 is 6.42. The molecule has 5 atom stereocenters. The number of allylic oxidation sites excluding steroid dienone is 1. The number of urea groups is 1. The third-order valence-corrected chi connectivity index (χ3v) is 12.2. The zero-order valence-electron chi connectivity index (χ0n) is 26.2. The first-order chi connectivity index (χ1) is 21.5. The van der Waals surface area contributed by atoms with Gasteiger partial charge in [0.25, 0.3) is 5.91 Å². The van der Waals surface area contributed by atoms with Crippen LogP contribution < -0.4 is 19.7 Å². The number of anilines is 1. The van der Waals surface area contributed by atoms with Crippen LogP contribution >= 0.6 is 11.6 Å². The summed E-state index contributed by atoms with van der Waals surface area (Å²) in [6.07, 6.45) is 9.79. The number of halogens is 1. The van der Waals surface area contributed by atoms with Gasteiger partial charge in [0.05, 0.1) is 23.6 Å².